The monoisotopic (exact) mass is 468 g/mol. The SMILES string of the molecule is Cc1cc(-c2ccc(C(=O)N3CCC(c4cccnc4)C3)cc2OC(C)C)cc(C(F)(F)F)c1. The van der Waals surface area contributed by atoms with Crippen LogP contribution >= 0.6 is 0 Å². The number of pyridine rings is 1. The molecule has 3 aromatic rings. The Hall–Kier alpha value is -3.35. The Kier molecular flexibility index (Phi) is 6.64. The molecule has 4 rings (SSSR count). The molecule has 2 heterocycles. The summed E-state index contributed by atoms with van der Waals surface area (Å²) in [5, 5.41) is 0. The molecule has 0 spiro atoms. The summed E-state index contributed by atoms with van der Waals surface area (Å²) < 4.78 is 46.1. The third kappa shape index (κ3) is 5.24. The molecule has 0 bridgehead atoms. The minimum atomic E-state index is -4.45. The summed E-state index contributed by atoms with van der Waals surface area (Å²) in [5.74, 6) is 0.505. The lowest BCUT2D eigenvalue weighted by Gasteiger charge is -2.20. The molecule has 0 radical (unpaired) electrons. The van der Waals surface area contributed by atoms with Gasteiger partial charge in [-0.25, -0.2) is 0 Å². The maximum absolute atomic E-state index is 13.4. The Morgan fingerprint density at radius 1 is 1.15 bits per heavy atom. The highest BCUT2D eigenvalue weighted by Crippen LogP contribution is 2.38. The van der Waals surface area contributed by atoms with Crippen molar-refractivity contribution >= 4 is 5.91 Å². The van der Waals surface area contributed by atoms with Crippen LogP contribution in [0.1, 0.15) is 53.2 Å². The molecule has 1 aromatic heterocycles. The zero-order valence-electron chi connectivity index (χ0n) is 19.4. The van der Waals surface area contributed by atoms with Gasteiger partial charge in [0.2, 0.25) is 0 Å². The number of aromatic nitrogens is 1. The van der Waals surface area contributed by atoms with Gasteiger partial charge in [0, 0.05) is 42.5 Å². The molecule has 1 saturated heterocycles. The number of rotatable bonds is 5. The molecule has 178 valence electrons. The maximum atomic E-state index is 13.4. The van der Waals surface area contributed by atoms with Gasteiger partial charge >= 0.3 is 6.18 Å². The Morgan fingerprint density at radius 2 is 1.94 bits per heavy atom. The van der Waals surface area contributed by atoms with Crippen molar-refractivity contribution < 1.29 is 22.7 Å². The van der Waals surface area contributed by atoms with Gasteiger partial charge in [-0.1, -0.05) is 12.1 Å². The van der Waals surface area contributed by atoms with Crippen LogP contribution in [0.2, 0.25) is 0 Å². The van der Waals surface area contributed by atoms with Crippen molar-refractivity contribution in [3.05, 3.63) is 83.2 Å². The number of carbonyl (C=O) groups is 1. The number of halogens is 3. The van der Waals surface area contributed by atoms with Crippen LogP contribution in [-0.4, -0.2) is 35.0 Å². The average molecular weight is 469 g/mol. The number of carbonyl (C=O) groups excluding carboxylic acids is 1. The second-order valence-electron chi connectivity index (χ2n) is 8.99. The predicted octanol–water partition coefficient (Wildman–Crippen LogP) is 6.49. The zero-order valence-corrected chi connectivity index (χ0v) is 19.4. The molecular formula is C27H27F3N2O2. The van der Waals surface area contributed by atoms with Crippen LogP contribution in [0.4, 0.5) is 13.2 Å². The van der Waals surface area contributed by atoms with E-state index in [1.165, 1.54) is 0 Å². The molecule has 1 unspecified atom stereocenters. The van der Waals surface area contributed by atoms with E-state index in [2.05, 4.69) is 4.98 Å². The highest BCUT2D eigenvalue weighted by Gasteiger charge is 2.32. The van der Waals surface area contributed by atoms with Crippen molar-refractivity contribution in [2.24, 2.45) is 0 Å². The van der Waals surface area contributed by atoms with Gasteiger partial charge in [0.1, 0.15) is 5.75 Å². The standard InChI is InChI=1S/C27H27F3N2O2/c1-17(2)34-25-14-19(26(33)32-10-8-21(16-32)20-5-4-9-31-15-20)6-7-24(25)22-11-18(3)12-23(13-22)27(28,29)30/h4-7,9,11-15,17,21H,8,10,16H2,1-3H3. The largest absolute Gasteiger partial charge is 0.490 e. The van der Waals surface area contributed by atoms with Gasteiger partial charge in [-0.05, 0) is 80.3 Å². The van der Waals surface area contributed by atoms with Crippen molar-refractivity contribution in [3.63, 3.8) is 0 Å². The minimum absolute atomic E-state index is 0.119. The fourth-order valence-corrected chi connectivity index (χ4v) is 4.36. The molecule has 0 N–H and O–H groups in total. The third-order valence-electron chi connectivity index (χ3n) is 5.94. The van der Waals surface area contributed by atoms with E-state index in [0.717, 1.165) is 24.1 Å². The van der Waals surface area contributed by atoms with E-state index in [1.807, 2.05) is 32.2 Å². The number of alkyl halides is 3. The Labute approximate surface area is 197 Å². The fourth-order valence-electron chi connectivity index (χ4n) is 4.36. The Morgan fingerprint density at radius 3 is 2.62 bits per heavy atom. The van der Waals surface area contributed by atoms with Crippen molar-refractivity contribution in [3.8, 4) is 16.9 Å². The average Bonchev–Trinajstić information content (AvgIpc) is 3.28. The molecule has 1 aliphatic heterocycles. The first-order valence-corrected chi connectivity index (χ1v) is 11.3. The molecule has 1 atom stereocenters. The Balaban J connectivity index is 1.64. The number of amides is 1. The number of hydrogen-bond acceptors (Lipinski definition) is 3. The van der Waals surface area contributed by atoms with Gasteiger partial charge in [0.25, 0.3) is 5.91 Å². The highest BCUT2D eigenvalue weighted by atomic mass is 19.4. The van der Waals surface area contributed by atoms with Crippen molar-refractivity contribution in [2.45, 2.75) is 45.4 Å². The lowest BCUT2D eigenvalue weighted by atomic mass is 9.97. The van der Waals surface area contributed by atoms with Gasteiger partial charge in [0.15, 0.2) is 0 Å². The summed E-state index contributed by atoms with van der Waals surface area (Å²) in [6.45, 7) is 6.54. The summed E-state index contributed by atoms with van der Waals surface area (Å²) >= 11 is 0. The molecule has 34 heavy (non-hydrogen) atoms. The summed E-state index contributed by atoms with van der Waals surface area (Å²) in [5.41, 5.74) is 2.27. The minimum Gasteiger partial charge on any atom is -0.490 e. The van der Waals surface area contributed by atoms with E-state index in [4.69, 9.17) is 4.74 Å². The van der Waals surface area contributed by atoms with Crippen LogP contribution < -0.4 is 4.74 Å². The van der Waals surface area contributed by atoms with Crippen molar-refractivity contribution in [1.29, 1.82) is 0 Å². The molecule has 1 fully saturated rings. The third-order valence-corrected chi connectivity index (χ3v) is 5.94. The van der Waals surface area contributed by atoms with Crippen LogP contribution in [0.3, 0.4) is 0 Å². The summed E-state index contributed by atoms with van der Waals surface area (Å²) in [4.78, 5) is 19.2. The summed E-state index contributed by atoms with van der Waals surface area (Å²) in [6, 6.07) is 12.8. The van der Waals surface area contributed by atoms with Crippen LogP contribution in [0.25, 0.3) is 11.1 Å². The van der Waals surface area contributed by atoms with E-state index in [0.29, 0.717) is 41.1 Å². The second-order valence-corrected chi connectivity index (χ2v) is 8.99. The van der Waals surface area contributed by atoms with Gasteiger partial charge in [0.05, 0.1) is 11.7 Å². The molecule has 2 aromatic carbocycles. The molecule has 1 aliphatic rings. The van der Waals surface area contributed by atoms with E-state index in [1.54, 1.807) is 42.3 Å². The normalized spacial score (nSPS) is 16.2. The Bertz CT molecular complexity index is 1180. The molecule has 7 heteroatoms. The molecular weight excluding hydrogens is 441 g/mol. The van der Waals surface area contributed by atoms with E-state index in [9.17, 15) is 18.0 Å². The lowest BCUT2D eigenvalue weighted by Crippen LogP contribution is -2.28. The molecule has 0 aliphatic carbocycles. The van der Waals surface area contributed by atoms with Crippen LogP contribution in [0, 0.1) is 6.92 Å². The molecule has 4 nitrogen and oxygen atoms in total. The smallest absolute Gasteiger partial charge is 0.416 e. The molecule has 0 saturated carbocycles. The maximum Gasteiger partial charge on any atom is 0.416 e. The summed E-state index contributed by atoms with van der Waals surface area (Å²) in [6.07, 6.45) is -0.243. The van der Waals surface area contributed by atoms with Gasteiger partial charge in [-0.15, -0.1) is 0 Å². The fraction of sp³-hybridized carbons (Fsp3) is 0.333. The molecule has 1 amide bonds. The zero-order chi connectivity index (χ0) is 24.5. The van der Waals surface area contributed by atoms with Crippen LogP contribution in [0.5, 0.6) is 5.75 Å². The number of likely N-dealkylation sites (tertiary alicyclic amines) is 1. The first kappa shape index (κ1) is 23.8. The summed E-state index contributed by atoms with van der Waals surface area (Å²) in [7, 11) is 0. The highest BCUT2D eigenvalue weighted by molar-refractivity contribution is 5.96. The first-order chi connectivity index (χ1) is 16.1. The second kappa shape index (κ2) is 9.49. The van der Waals surface area contributed by atoms with Gasteiger partial charge in [-0.3, -0.25) is 9.78 Å². The topological polar surface area (TPSA) is 42.4 Å². The number of ether oxygens (including phenoxy) is 1. The van der Waals surface area contributed by atoms with Gasteiger partial charge in [-0.2, -0.15) is 13.2 Å². The number of aryl methyl sites for hydroxylation is 1. The van der Waals surface area contributed by atoms with Gasteiger partial charge < -0.3 is 9.64 Å². The predicted molar refractivity (Wildman–Crippen MR) is 125 cm³/mol. The van der Waals surface area contributed by atoms with E-state index >= 15 is 0 Å². The number of benzene rings is 2. The number of hydrogen-bond donors (Lipinski definition) is 0. The van der Waals surface area contributed by atoms with Crippen molar-refractivity contribution in [1.82, 2.24) is 9.88 Å². The van der Waals surface area contributed by atoms with E-state index < -0.39 is 11.7 Å². The van der Waals surface area contributed by atoms with Crippen LogP contribution in [-0.2, 0) is 6.18 Å². The number of nitrogens with zero attached hydrogens (tertiary/aromatic N) is 2. The lowest BCUT2D eigenvalue weighted by molar-refractivity contribution is -0.137. The quantitative estimate of drug-likeness (QED) is 0.430. The van der Waals surface area contributed by atoms with E-state index in [-0.39, 0.29) is 17.9 Å². The van der Waals surface area contributed by atoms with Crippen LogP contribution in [0.15, 0.2) is 60.9 Å². The first-order valence-electron chi connectivity index (χ1n) is 11.3. The van der Waals surface area contributed by atoms with Crippen molar-refractivity contribution in [2.75, 3.05) is 13.1 Å².